The van der Waals surface area contributed by atoms with Gasteiger partial charge in [0.2, 0.25) is 0 Å². The molecule has 0 saturated heterocycles. The van der Waals surface area contributed by atoms with Crippen LogP contribution in [0.5, 0.6) is 0 Å². The zero-order chi connectivity index (χ0) is 13.0. The Kier molecular flexibility index (Phi) is 3.83. The highest BCUT2D eigenvalue weighted by Gasteiger charge is 2.08. The Bertz CT molecular complexity index is 555. The number of carbonyl (C=O) groups is 1. The van der Waals surface area contributed by atoms with Crippen LogP contribution < -0.4 is 5.32 Å². The van der Waals surface area contributed by atoms with Crippen molar-refractivity contribution in [1.82, 2.24) is 15.0 Å². The lowest BCUT2D eigenvalue weighted by molar-refractivity contribution is 0.0691. The summed E-state index contributed by atoms with van der Waals surface area (Å²) in [6.45, 7) is 2.48. The third-order valence-corrected chi connectivity index (χ3v) is 3.10. The first-order valence-electron chi connectivity index (χ1n) is 5.36. The SMILES string of the molecule is Cc1nccc(NCCc2nc(C(=O)O)cs2)n1. The van der Waals surface area contributed by atoms with Crippen LogP contribution in [0.3, 0.4) is 0 Å². The zero-order valence-corrected chi connectivity index (χ0v) is 10.6. The Balaban J connectivity index is 1.86. The van der Waals surface area contributed by atoms with Crippen molar-refractivity contribution < 1.29 is 9.90 Å². The second kappa shape index (κ2) is 5.54. The minimum Gasteiger partial charge on any atom is -0.476 e. The lowest BCUT2D eigenvalue weighted by Gasteiger charge is -2.03. The fraction of sp³-hybridized carbons (Fsp3) is 0.273. The number of carboxylic acid groups (broad SMARTS) is 1. The van der Waals surface area contributed by atoms with E-state index in [1.54, 1.807) is 17.6 Å². The molecule has 2 rings (SSSR count). The van der Waals surface area contributed by atoms with Gasteiger partial charge in [-0.1, -0.05) is 0 Å². The van der Waals surface area contributed by atoms with Crippen molar-refractivity contribution in [1.29, 1.82) is 0 Å². The molecule has 0 amide bonds. The number of rotatable bonds is 5. The molecular weight excluding hydrogens is 252 g/mol. The monoisotopic (exact) mass is 264 g/mol. The van der Waals surface area contributed by atoms with Gasteiger partial charge in [0, 0.05) is 24.5 Å². The van der Waals surface area contributed by atoms with E-state index >= 15 is 0 Å². The predicted octanol–water partition coefficient (Wildman–Crippen LogP) is 1.59. The largest absolute Gasteiger partial charge is 0.476 e. The number of thiazole rings is 1. The molecule has 18 heavy (non-hydrogen) atoms. The van der Waals surface area contributed by atoms with E-state index in [0.29, 0.717) is 18.8 Å². The van der Waals surface area contributed by atoms with Crippen molar-refractivity contribution in [2.75, 3.05) is 11.9 Å². The summed E-state index contributed by atoms with van der Waals surface area (Å²) in [6, 6.07) is 1.79. The number of nitrogens with one attached hydrogen (secondary N) is 1. The molecule has 0 aliphatic heterocycles. The van der Waals surface area contributed by atoms with Crippen molar-refractivity contribution in [2.24, 2.45) is 0 Å². The Morgan fingerprint density at radius 2 is 2.33 bits per heavy atom. The topological polar surface area (TPSA) is 88.0 Å². The summed E-state index contributed by atoms with van der Waals surface area (Å²) >= 11 is 1.35. The fourth-order valence-electron chi connectivity index (χ4n) is 1.38. The third-order valence-electron chi connectivity index (χ3n) is 2.19. The molecule has 0 aliphatic rings. The van der Waals surface area contributed by atoms with Crippen molar-refractivity contribution >= 4 is 23.1 Å². The van der Waals surface area contributed by atoms with Crippen LogP contribution in [0.2, 0.25) is 0 Å². The van der Waals surface area contributed by atoms with Crippen LogP contribution in [-0.2, 0) is 6.42 Å². The Morgan fingerprint density at radius 3 is 3.00 bits per heavy atom. The molecule has 0 saturated carbocycles. The van der Waals surface area contributed by atoms with E-state index in [1.165, 1.54) is 11.3 Å². The van der Waals surface area contributed by atoms with Crippen LogP contribution in [-0.4, -0.2) is 32.6 Å². The maximum Gasteiger partial charge on any atom is 0.355 e. The average Bonchev–Trinajstić information content (AvgIpc) is 2.78. The summed E-state index contributed by atoms with van der Waals surface area (Å²) in [5, 5.41) is 14.2. The lowest BCUT2D eigenvalue weighted by atomic mass is 10.4. The van der Waals surface area contributed by atoms with Gasteiger partial charge < -0.3 is 10.4 Å². The summed E-state index contributed by atoms with van der Waals surface area (Å²) in [5.74, 6) is 0.483. The van der Waals surface area contributed by atoms with Gasteiger partial charge in [0.05, 0.1) is 5.01 Å². The molecule has 0 aromatic carbocycles. The number of anilines is 1. The van der Waals surface area contributed by atoms with Crippen LogP contribution in [0.4, 0.5) is 5.82 Å². The normalized spacial score (nSPS) is 10.3. The standard InChI is InChI=1S/C11H12N4O2S/c1-7-12-4-2-9(14-7)13-5-3-10-15-8(6-18-10)11(16)17/h2,4,6H,3,5H2,1H3,(H,16,17)(H,12,13,14). The summed E-state index contributed by atoms with van der Waals surface area (Å²) < 4.78 is 0. The van der Waals surface area contributed by atoms with Gasteiger partial charge in [-0.2, -0.15) is 0 Å². The minimum atomic E-state index is -0.989. The molecule has 0 spiro atoms. The summed E-state index contributed by atoms with van der Waals surface area (Å²) in [7, 11) is 0. The van der Waals surface area contributed by atoms with Gasteiger partial charge in [-0.15, -0.1) is 11.3 Å². The van der Waals surface area contributed by atoms with Crippen LogP contribution >= 0.6 is 11.3 Å². The van der Waals surface area contributed by atoms with Gasteiger partial charge >= 0.3 is 5.97 Å². The van der Waals surface area contributed by atoms with Crippen molar-refractivity contribution in [2.45, 2.75) is 13.3 Å². The number of aromatic carboxylic acids is 1. The molecule has 0 bridgehead atoms. The van der Waals surface area contributed by atoms with Gasteiger partial charge in [-0.3, -0.25) is 0 Å². The zero-order valence-electron chi connectivity index (χ0n) is 9.75. The number of carboxylic acids is 1. The smallest absolute Gasteiger partial charge is 0.355 e. The van der Waals surface area contributed by atoms with Crippen LogP contribution in [0.1, 0.15) is 21.3 Å². The Morgan fingerprint density at radius 1 is 1.50 bits per heavy atom. The third kappa shape index (κ3) is 3.24. The maximum absolute atomic E-state index is 10.7. The molecule has 0 atom stereocenters. The van der Waals surface area contributed by atoms with Crippen molar-refractivity contribution in [3.63, 3.8) is 0 Å². The quantitative estimate of drug-likeness (QED) is 0.852. The molecule has 0 radical (unpaired) electrons. The molecule has 94 valence electrons. The lowest BCUT2D eigenvalue weighted by Crippen LogP contribution is -2.07. The minimum absolute atomic E-state index is 0.105. The molecule has 7 heteroatoms. The fourth-order valence-corrected chi connectivity index (χ4v) is 2.15. The number of aromatic nitrogens is 3. The van der Waals surface area contributed by atoms with E-state index in [2.05, 4.69) is 20.3 Å². The first kappa shape index (κ1) is 12.4. The molecule has 2 heterocycles. The predicted molar refractivity (Wildman–Crippen MR) is 68.0 cm³/mol. The van der Waals surface area contributed by atoms with Gasteiger partial charge in [-0.05, 0) is 13.0 Å². The summed E-state index contributed by atoms with van der Waals surface area (Å²) in [5.41, 5.74) is 0.105. The highest BCUT2D eigenvalue weighted by atomic mass is 32.1. The Labute approximate surface area is 108 Å². The number of nitrogens with zero attached hydrogens (tertiary/aromatic N) is 3. The van der Waals surface area contributed by atoms with Crippen LogP contribution in [0.15, 0.2) is 17.6 Å². The van der Waals surface area contributed by atoms with E-state index in [1.807, 2.05) is 6.92 Å². The molecule has 0 fully saturated rings. The van der Waals surface area contributed by atoms with Crippen LogP contribution in [0.25, 0.3) is 0 Å². The van der Waals surface area contributed by atoms with Crippen LogP contribution in [0, 0.1) is 6.92 Å². The molecule has 2 aromatic rings. The number of hydrogen-bond acceptors (Lipinski definition) is 6. The van der Waals surface area contributed by atoms with E-state index in [0.717, 1.165) is 10.8 Å². The maximum atomic E-state index is 10.7. The number of hydrogen-bond donors (Lipinski definition) is 2. The second-order valence-electron chi connectivity index (χ2n) is 3.60. The number of aryl methyl sites for hydroxylation is 1. The Hall–Kier alpha value is -2.02. The molecular formula is C11H12N4O2S. The molecule has 2 N–H and O–H groups in total. The summed E-state index contributed by atoms with van der Waals surface area (Å²) in [4.78, 5) is 22.9. The van der Waals surface area contributed by atoms with Crippen molar-refractivity contribution in [3.8, 4) is 0 Å². The summed E-state index contributed by atoms with van der Waals surface area (Å²) in [6.07, 6.45) is 2.36. The van der Waals surface area contributed by atoms with Crippen molar-refractivity contribution in [3.05, 3.63) is 34.2 Å². The highest BCUT2D eigenvalue weighted by molar-refractivity contribution is 7.09. The van der Waals surface area contributed by atoms with Gasteiger partial charge in [0.15, 0.2) is 5.69 Å². The van der Waals surface area contributed by atoms with E-state index in [4.69, 9.17) is 5.11 Å². The molecule has 6 nitrogen and oxygen atoms in total. The van der Waals surface area contributed by atoms with E-state index < -0.39 is 5.97 Å². The molecule has 2 aromatic heterocycles. The van der Waals surface area contributed by atoms with E-state index in [9.17, 15) is 4.79 Å². The average molecular weight is 264 g/mol. The molecule has 0 unspecified atom stereocenters. The van der Waals surface area contributed by atoms with Gasteiger partial charge in [0.1, 0.15) is 11.6 Å². The highest BCUT2D eigenvalue weighted by Crippen LogP contribution is 2.10. The first-order chi connectivity index (χ1) is 8.65. The second-order valence-corrected chi connectivity index (χ2v) is 4.54. The van der Waals surface area contributed by atoms with Gasteiger partial charge in [0.25, 0.3) is 0 Å². The van der Waals surface area contributed by atoms with Gasteiger partial charge in [-0.25, -0.2) is 19.7 Å². The van der Waals surface area contributed by atoms with E-state index in [-0.39, 0.29) is 5.69 Å². The molecule has 0 aliphatic carbocycles. The first-order valence-corrected chi connectivity index (χ1v) is 6.24.